The van der Waals surface area contributed by atoms with E-state index in [1.165, 1.54) is 25.7 Å². The Balaban J connectivity index is 1.46. The van der Waals surface area contributed by atoms with Crippen molar-refractivity contribution in [3.63, 3.8) is 0 Å². The molecule has 26 heavy (non-hydrogen) atoms. The summed E-state index contributed by atoms with van der Waals surface area (Å²) in [5.41, 5.74) is 7.74. The van der Waals surface area contributed by atoms with E-state index in [0.717, 1.165) is 30.8 Å². The lowest BCUT2D eigenvalue weighted by molar-refractivity contribution is -0.134. The van der Waals surface area contributed by atoms with Gasteiger partial charge in [-0.1, -0.05) is 31.0 Å². The fourth-order valence-electron chi connectivity index (χ4n) is 4.17. The lowest BCUT2D eigenvalue weighted by atomic mass is 10.0. The van der Waals surface area contributed by atoms with E-state index >= 15 is 0 Å². The minimum atomic E-state index is 0.165. The first-order valence-electron chi connectivity index (χ1n) is 10.0. The second-order valence-corrected chi connectivity index (χ2v) is 7.67. The normalized spacial score (nSPS) is 18.8. The van der Waals surface area contributed by atoms with Crippen LogP contribution < -0.4 is 5.73 Å². The molecule has 0 bridgehead atoms. The SMILES string of the molecule is Nc1ccccc1CCC(=O)N1CCCN(C(=O)CC2CCCC2)CC1. The summed E-state index contributed by atoms with van der Waals surface area (Å²) in [5, 5.41) is 0. The third-order valence-corrected chi connectivity index (χ3v) is 5.80. The molecule has 1 aliphatic carbocycles. The van der Waals surface area contributed by atoms with Gasteiger partial charge >= 0.3 is 0 Å². The zero-order valence-corrected chi connectivity index (χ0v) is 15.7. The van der Waals surface area contributed by atoms with Crippen molar-refractivity contribution in [2.24, 2.45) is 5.92 Å². The minimum Gasteiger partial charge on any atom is -0.399 e. The molecule has 1 aromatic rings. The first-order chi connectivity index (χ1) is 12.6. The fourth-order valence-corrected chi connectivity index (χ4v) is 4.17. The molecule has 2 N–H and O–H groups in total. The molecule has 2 amide bonds. The van der Waals surface area contributed by atoms with Crippen molar-refractivity contribution in [2.45, 2.75) is 51.4 Å². The van der Waals surface area contributed by atoms with Crippen molar-refractivity contribution in [3.05, 3.63) is 29.8 Å². The molecule has 0 atom stereocenters. The lowest BCUT2D eigenvalue weighted by Gasteiger charge is -2.23. The molecule has 1 saturated carbocycles. The van der Waals surface area contributed by atoms with Gasteiger partial charge < -0.3 is 15.5 Å². The molecule has 1 saturated heterocycles. The quantitative estimate of drug-likeness (QED) is 0.824. The largest absolute Gasteiger partial charge is 0.399 e. The number of rotatable bonds is 5. The third-order valence-electron chi connectivity index (χ3n) is 5.80. The average molecular weight is 357 g/mol. The van der Waals surface area contributed by atoms with Crippen LogP contribution >= 0.6 is 0 Å². The second-order valence-electron chi connectivity index (χ2n) is 7.67. The van der Waals surface area contributed by atoms with Gasteiger partial charge in [-0.2, -0.15) is 0 Å². The molecule has 2 fully saturated rings. The summed E-state index contributed by atoms with van der Waals surface area (Å²) >= 11 is 0. The van der Waals surface area contributed by atoms with Crippen LogP contribution in [-0.4, -0.2) is 47.8 Å². The van der Waals surface area contributed by atoms with Crippen LogP contribution in [0.5, 0.6) is 0 Å². The average Bonchev–Trinajstić information content (AvgIpc) is 3.02. The van der Waals surface area contributed by atoms with Gasteiger partial charge in [0.2, 0.25) is 11.8 Å². The van der Waals surface area contributed by atoms with Crippen LogP contribution in [0.15, 0.2) is 24.3 Å². The number of para-hydroxylation sites is 1. The smallest absolute Gasteiger partial charge is 0.222 e. The molecule has 1 aliphatic heterocycles. The predicted octanol–water partition coefficient (Wildman–Crippen LogP) is 2.84. The Kier molecular flexibility index (Phi) is 6.53. The van der Waals surface area contributed by atoms with E-state index in [-0.39, 0.29) is 11.8 Å². The Hall–Kier alpha value is -2.04. The molecule has 3 rings (SSSR count). The van der Waals surface area contributed by atoms with Crippen molar-refractivity contribution in [1.29, 1.82) is 0 Å². The molecular weight excluding hydrogens is 326 g/mol. The number of nitrogens with two attached hydrogens (primary N) is 1. The zero-order chi connectivity index (χ0) is 18.4. The van der Waals surface area contributed by atoms with Crippen LogP contribution in [-0.2, 0) is 16.0 Å². The van der Waals surface area contributed by atoms with Gasteiger partial charge in [0.15, 0.2) is 0 Å². The van der Waals surface area contributed by atoms with E-state index in [1.54, 1.807) is 0 Å². The van der Waals surface area contributed by atoms with Crippen LogP contribution in [0.4, 0.5) is 5.69 Å². The Morgan fingerprint density at radius 3 is 2.27 bits per heavy atom. The highest BCUT2D eigenvalue weighted by molar-refractivity contribution is 5.78. The number of nitrogens with zero attached hydrogens (tertiary/aromatic N) is 2. The number of nitrogen functional groups attached to an aromatic ring is 1. The topological polar surface area (TPSA) is 66.6 Å². The highest BCUT2D eigenvalue weighted by Gasteiger charge is 2.25. The molecule has 0 aromatic heterocycles. The van der Waals surface area contributed by atoms with Gasteiger partial charge in [-0.15, -0.1) is 0 Å². The van der Waals surface area contributed by atoms with Gasteiger partial charge in [-0.3, -0.25) is 9.59 Å². The van der Waals surface area contributed by atoms with Gasteiger partial charge in [0, 0.05) is 44.7 Å². The first-order valence-corrected chi connectivity index (χ1v) is 10.0. The van der Waals surface area contributed by atoms with Crippen LogP contribution in [0.25, 0.3) is 0 Å². The maximum absolute atomic E-state index is 12.6. The molecule has 5 heteroatoms. The first kappa shape index (κ1) is 18.7. The maximum atomic E-state index is 12.6. The molecule has 0 unspecified atom stereocenters. The minimum absolute atomic E-state index is 0.165. The van der Waals surface area contributed by atoms with Gasteiger partial charge in [0.25, 0.3) is 0 Å². The molecule has 0 spiro atoms. The number of aryl methyl sites for hydroxylation is 1. The molecule has 142 valence electrons. The predicted molar refractivity (Wildman–Crippen MR) is 104 cm³/mol. The van der Waals surface area contributed by atoms with Crippen molar-refractivity contribution < 1.29 is 9.59 Å². The molecule has 5 nitrogen and oxygen atoms in total. The van der Waals surface area contributed by atoms with E-state index < -0.39 is 0 Å². The molecular formula is C21H31N3O2. The van der Waals surface area contributed by atoms with Crippen LogP contribution in [0, 0.1) is 5.92 Å². The molecule has 1 heterocycles. The third kappa shape index (κ3) is 4.99. The van der Waals surface area contributed by atoms with Gasteiger partial charge in [0.05, 0.1) is 0 Å². The van der Waals surface area contributed by atoms with Crippen molar-refractivity contribution >= 4 is 17.5 Å². The van der Waals surface area contributed by atoms with Crippen LogP contribution in [0.1, 0.15) is 50.5 Å². The summed E-state index contributed by atoms with van der Waals surface area (Å²) in [7, 11) is 0. The van der Waals surface area contributed by atoms with E-state index in [4.69, 9.17) is 5.73 Å². The Labute approximate surface area is 156 Å². The van der Waals surface area contributed by atoms with Gasteiger partial charge in [0.1, 0.15) is 0 Å². The van der Waals surface area contributed by atoms with Gasteiger partial charge in [-0.05, 0) is 43.2 Å². The Morgan fingerprint density at radius 1 is 0.923 bits per heavy atom. The maximum Gasteiger partial charge on any atom is 0.222 e. The van der Waals surface area contributed by atoms with E-state index in [0.29, 0.717) is 38.3 Å². The lowest BCUT2D eigenvalue weighted by Crippen LogP contribution is -2.37. The number of carbonyl (C=O) groups is 2. The van der Waals surface area contributed by atoms with Crippen LogP contribution in [0.3, 0.4) is 0 Å². The number of benzene rings is 1. The highest BCUT2D eigenvalue weighted by atomic mass is 16.2. The molecule has 1 aromatic carbocycles. The molecule has 2 aliphatic rings. The number of amides is 2. The summed E-state index contributed by atoms with van der Waals surface area (Å²) in [6, 6.07) is 7.72. The highest BCUT2D eigenvalue weighted by Crippen LogP contribution is 2.28. The Bertz CT molecular complexity index is 625. The van der Waals surface area contributed by atoms with Crippen LogP contribution in [0.2, 0.25) is 0 Å². The van der Waals surface area contributed by atoms with Crippen molar-refractivity contribution in [2.75, 3.05) is 31.9 Å². The zero-order valence-electron chi connectivity index (χ0n) is 15.7. The standard InChI is InChI=1S/C21H31N3O2/c22-19-9-4-3-8-18(19)10-11-20(25)23-12-5-13-24(15-14-23)21(26)16-17-6-1-2-7-17/h3-4,8-9,17H,1-2,5-7,10-16,22H2. The Morgan fingerprint density at radius 2 is 1.58 bits per heavy atom. The number of anilines is 1. The number of hydrogen-bond donors (Lipinski definition) is 1. The van der Waals surface area contributed by atoms with Crippen molar-refractivity contribution in [1.82, 2.24) is 9.80 Å². The van der Waals surface area contributed by atoms with Crippen molar-refractivity contribution in [3.8, 4) is 0 Å². The van der Waals surface area contributed by atoms with Gasteiger partial charge in [-0.25, -0.2) is 0 Å². The van der Waals surface area contributed by atoms with E-state index in [1.807, 2.05) is 34.1 Å². The van der Waals surface area contributed by atoms with E-state index in [9.17, 15) is 9.59 Å². The fraction of sp³-hybridized carbons (Fsp3) is 0.619. The summed E-state index contributed by atoms with van der Waals surface area (Å²) < 4.78 is 0. The second kappa shape index (κ2) is 9.06. The number of hydrogen-bond acceptors (Lipinski definition) is 3. The number of carbonyl (C=O) groups excluding carboxylic acids is 2. The monoisotopic (exact) mass is 357 g/mol. The van der Waals surface area contributed by atoms with E-state index in [2.05, 4.69) is 0 Å². The molecule has 0 radical (unpaired) electrons. The summed E-state index contributed by atoms with van der Waals surface area (Å²) in [6.07, 6.45) is 7.66. The summed E-state index contributed by atoms with van der Waals surface area (Å²) in [5.74, 6) is 1.03. The summed E-state index contributed by atoms with van der Waals surface area (Å²) in [4.78, 5) is 29.0. The summed E-state index contributed by atoms with van der Waals surface area (Å²) in [6.45, 7) is 2.85.